The molecule has 0 fully saturated rings. The Labute approximate surface area is 183 Å². The molecule has 30 heavy (non-hydrogen) atoms. The third-order valence-corrected chi connectivity index (χ3v) is 8.23. The number of nitrogens with one attached hydrogen (secondary N) is 2. The molecule has 0 bridgehead atoms. The number of anilines is 2. The number of aromatic amines is 1. The molecule has 0 atom stereocenters. The van der Waals surface area contributed by atoms with E-state index in [9.17, 15) is 8.42 Å². The molecule has 0 saturated heterocycles. The van der Waals surface area contributed by atoms with Gasteiger partial charge in [0.25, 0.3) is 10.0 Å². The van der Waals surface area contributed by atoms with E-state index in [0.717, 1.165) is 45.4 Å². The smallest absolute Gasteiger partial charge is 0.263 e. The first-order valence-electron chi connectivity index (χ1n) is 10.1. The summed E-state index contributed by atoms with van der Waals surface area (Å²) in [5.74, 6) is 0. The van der Waals surface area contributed by atoms with Gasteiger partial charge in [0, 0.05) is 39.8 Å². The van der Waals surface area contributed by atoms with Crippen LogP contribution < -0.4 is 9.62 Å². The summed E-state index contributed by atoms with van der Waals surface area (Å²) in [4.78, 5) is 4.24. The molecule has 0 spiro atoms. The zero-order chi connectivity index (χ0) is 22.2. The SMILES string of the molecule is CCN(CC)c1ccc(NS(=O)(=O)c2c(C)sc(C)c2-c2n[nH]c(C)c2C)c(C)c1. The Hall–Kier alpha value is -2.32. The molecule has 3 rings (SSSR count). The number of nitrogens with zero attached hydrogens (tertiary/aromatic N) is 2. The molecule has 6 nitrogen and oxygen atoms in total. The molecule has 0 radical (unpaired) electrons. The van der Waals surface area contributed by atoms with Crippen LogP contribution in [0.3, 0.4) is 0 Å². The third-order valence-electron chi connectivity index (χ3n) is 5.55. The lowest BCUT2D eigenvalue weighted by molar-refractivity contribution is 0.601. The van der Waals surface area contributed by atoms with Gasteiger partial charge in [-0.2, -0.15) is 5.10 Å². The predicted molar refractivity (Wildman–Crippen MR) is 126 cm³/mol. The highest BCUT2D eigenvalue weighted by Gasteiger charge is 2.29. The molecule has 162 valence electrons. The van der Waals surface area contributed by atoms with Crippen LogP contribution in [0.1, 0.15) is 40.4 Å². The molecule has 1 aromatic carbocycles. The number of H-pyrrole nitrogens is 1. The molecule has 0 amide bonds. The molecular weight excluding hydrogens is 416 g/mol. The van der Waals surface area contributed by atoms with Crippen LogP contribution in [-0.2, 0) is 10.0 Å². The Balaban J connectivity index is 2.05. The average Bonchev–Trinajstić information content (AvgIpc) is 3.16. The Morgan fingerprint density at radius 1 is 1.07 bits per heavy atom. The standard InChI is InChI=1S/C22H30N4O2S2/c1-8-26(9-2)18-10-11-19(13(3)12-18)25-30(27,28)22-17(7)29-16(6)20(22)21-14(4)15(5)23-24-21/h10-12,25H,8-9H2,1-7H3,(H,23,24). The van der Waals surface area contributed by atoms with E-state index < -0.39 is 10.0 Å². The summed E-state index contributed by atoms with van der Waals surface area (Å²) in [5.41, 5.74) is 5.86. The minimum absolute atomic E-state index is 0.312. The van der Waals surface area contributed by atoms with Crippen LogP contribution in [0, 0.1) is 34.6 Å². The molecule has 0 unspecified atom stereocenters. The summed E-state index contributed by atoms with van der Waals surface area (Å²) in [6, 6.07) is 5.84. The van der Waals surface area contributed by atoms with Gasteiger partial charge >= 0.3 is 0 Å². The quantitative estimate of drug-likeness (QED) is 0.514. The van der Waals surface area contributed by atoms with E-state index in [2.05, 4.69) is 33.7 Å². The van der Waals surface area contributed by atoms with Crippen molar-refractivity contribution in [2.45, 2.75) is 53.4 Å². The van der Waals surface area contributed by atoms with Crippen molar-refractivity contribution in [3.8, 4) is 11.3 Å². The van der Waals surface area contributed by atoms with Gasteiger partial charge in [-0.3, -0.25) is 9.82 Å². The number of hydrogen-bond acceptors (Lipinski definition) is 5. The molecule has 2 aromatic heterocycles. The van der Waals surface area contributed by atoms with Gasteiger partial charge in [-0.15, -0.1) is 11.3 Å². The second-order valence-corrected chi connectivity index (χ2v) is 10.6. The maximum Gasteiger partial charge on any atom is 0.263 e. The van der Waals surface area contributed by atoms with Crippen molar-refractivity contribution < 1.29 is 8.42 Å². The highest BCUT2D eigenvalue weighted by Crippen LogP contribution is 2.40. The van der Waals surface area contributed by atoms with E-state index in [-0.39, 0.29) is 0 Å². The van der Waals surface area contributed by atoms with Gasteiger partial charge in [0.05, 0.1) is 11.4 Å². The second-order valence-electron chi connectivity index (χ2n) is 7.52. The van der Waals surface area contributed by atoms with E-state index in [0.29, 0.717) is 21.8 Å². The predicted octanol–water partition coefficient (Wildman–Crippen LogP) is 5.33. The van der Waals surface area contributed by atoms with Gasteiger partial charge < -0.3 is 4.90 Å². The summed E-state index contributed by atoms with van der Waals surface area (Å²) < 4.78 is 29.8. The van der Waals surface area contributed by atoms with Gasteiger partial charge in [-0.25, -0.2) is 8.42 Å². The number of hydrogen-bond donors (Lipinski definition) is 2. The van der Waals surface area contributed by atoms with Crippen LogP contribution in [-0.4, -0.2) is 31.7 Å². The van der Waals surface area contributed by atoms with Gasteiger partial charge in [-0.1, -0.05) is 0 Å². The molecule has 2 N–H and O–H groups in total. The van der Waals surface area contributed by atoms with E-state index in [4.69, 9.17) is 0 Å². The van der Waals surface area contributed by atoms with Crippen LogP contribution in [0.15, 0.2) is 23.1 Å². The molecular formula is C22H30N4O2S2. The highest BCUT2D eigenvalue weighted by molar-refractivity contribution is 7.93. The Bertz CT molecular complexity index is 1170. The van der Waals surface area contributed by atoms with Crippen molar-refractivity contribution in [2.75, 3.05) is 22.7 Å². The number of aromatic nitrogens is 2. The van der Waals surface area contributed by atoms with Crippen LogP contribution in [0.25, 0.3) is 11.3 Å². The number of benzene rings is 1. The number of sulfonamides is 1. The van der Waals surface area contributed by atoms with Crippen molar-refractivity contribution in [1.29, 1.82) is 0 Å². The monoisotopic (exact) mass is 446 g/mol. The number of aryl methyl sites for hydroxylation is 4. The summed E-state index contributed by atoms with van der Waals surface area (Å²) in [6.07, 6.45) is 0. The molecule has 3 aromatic rings. The molecule has 0 aliphatic rings. The highest BCUT2D eigenvalue weighted by atomic mass is 32.2. The molecule has 0 aliphatic heterocycles. The van der Waals surface area contributed by atoms with E-state index in [1.807, 2.05) is 52.8 Å². The van der Waals surface area contributed by atoms with Crippen LogP contribution >= 0.6 is 11.3 Å². The normalized spacial score (nSPS) is 11.7. The van der Waals surface area contributed by atoms with Gasteiger partial charge in [0.2, 0.25) is 0 Å². The van der Waals surface area contributed by atoms with E-state index in [1.165, 1.54) is 11.3 Å². The summed E-state index contributed by atoms with van der Waals surface area (Å²) >= 11 is 1.48. The second kappa shape index (κ2) is 8.43. The lowest BCUT2D eigenvalue weighted by Gasteiger charge is -2.22. The summed E-state index contributed by atoms with van der Waals surface area (Å²) in [5, 5.41) is 7.36. The molecule has 2 heterocycles. The largest absolute Gasteiger partial charge is 0.372 e. The summed E-state index contributed by atoms with van der Waals surface area (Å²) in [7, 11) is -3.78. The maximum atomic E-state index is 13.5. The van der Waals surface area contributed by atoms with Gasteiger partial charge in [0.15, 0.2) is 0 Å². The zero-order valence-electron chi connectivity index (χ0n) is 18.7. The Morgan fingerprint density at radius 2 is 1.73 bits per heavy atom. The van der Waals surface area contributed by atoms with Crippen molar-refractivity contribution in [2.24, 2.45) is 0 Å². The first kappa shape index (κ1) is 22.4. The number of rotatable bonds is 7. The minimum Gasteiger partial charge on any atom is -0.372 e. The van der Waals surface area contributed by atoms with Crippen LogP contribution in [0.5, 0.6) is 0 Å². The van der Waals surface area contributed by atoms with Crippen molar-refractivity contribution in [3.63, 3.8) is 0 Å². The number of thiophene rings is 1. The lowest BCUT2D eigenvalue weighted by Crippen LogP contribution is -2.22. The van der Waals surface area contributed by atoms with E-state index in [1.54, 1.807) is 0 Å². The Kier molecular flexibility index (Phi) is 6.29. The fourth-order valence-electron chi connectivity index (χ4n) is 3.73. The van der Waals surface area contributed by atoms with Gasteiger partial charge in [-0.05, 0) is 77.8 Å². The first-order valence-corrected chi connectivity index (χ1v) is 12.4. The lowest BCUT2D eigenvalue weighted by atomic mass is 10.1. The molecule has 0 aliphatic carbocycles. The van der Waals surface area contributed by atoms with Gasteiger partial charge in [0.1, 0.15) is 4.90 Å². The molecule has 0 saturated carbocycles. The van der Waals surface area contributed by atoms with Crippen molar-refractivity contribution >= 4 is 32.7 Å². The minimum atomic E-state index is -3.78. The van der Waals surface area contributed by atoms with Crippen molar-refractivity contribution in [1.82, 2.24) is 10.2 Å². The van der Waals surface area contributed by atoms with Crippen LogP contribution in [0.4, 0.5) is 11.4 Å². The first-order chi connectivity index (χ1) is 14.1. The Morgan fingerprint density at radius 3 is 2.27 bits per heavy atom. The third kappa shape index (κ3) is 3.98. The van der Waals surface area contributed by atoms with Crippen LogP contribution in [0.2, 0.25) is 0 Å². The average molecular weight is 447 g/mol. The topological polar surface area (TPSA) is 78.1 Å². The van der Waals surface area contributed by atoms with E-state index >= 15 is 0 Å². The summed E-state index contributed by atoms with van der Waals surface area (Å²) in [6.45, 7) is 15.6. The fraction of sp³-hybridized carbons (Fsp3) is 0.409. The zero-order valence-corrected chi connectivity index (χ0v) is 20.3. The molecule has 8 heteroatoms. The van der Waals surface area contributed by atoms with Crippen molar-refractivity contribution in [3.05, 3.63) is 44.8 Å². The maximum absolute atomic E-state index is 13.5. The fourth-order valence-corrected chi connectivity index (χ4v) is 6.72.